The Bertz CT molecular complexity index is 545. The highest BCUT2D eigenvalue weighted by Gasteiger charge is 2.18. The molecule has 106 valence electrons. The number of benzene rings is 2. The molecule has 1 N–H and O–H groups in total. The number of aliphatic hydroxyl groups is 1. The first-order valence-electron chi connectivity index (χ1n) is 6.84. The van der Waals surface area contributed by atoms with E-state index in [-0.39, 0.29) is 10.6 Å². The van der Waals surface area contributed by atoms with Crippen LogP contribution in [-0.2, 0) is 6.42 Å². The molecule has 0 aromatic heterocycles. The van der Waals surface area contributed by atoms with Gasteiger partial charge in [-0.15, -0.1) is 0 Å². The van der Waals surface area contributed by atoms with Gasteiger partial charge in [0, 0.05) is 10.6 Å². The van der Waals surface area contributed by atoms with Crippen LogP contribution in [0.25, 0.3) is 0 Å². The van der Waals surface area contributed by atoms with Crippen molar-refractivity contribution in [1.29, 1.82) is 0 Å². The standard InChI is InChI=1S/C17H18ClFO/c1-2-3-5-12-8-10-13(11-9-12)17(20)16-14(18)6-4-7-15(16)19/h4,6-11,17,20H,2-3,5H2,1H3. The number of halogens is 2. The Hall–Kier alpha value is -1.38. The van der Waals surface area contributed by atoms with Crippen LogP contribution in [0.15, 0.2) is 42.5 Å². The lowest BCUT2D eigenvalue weighted by atomic mass is 9.98. The Kier molecular flexibility index (Phi) is 5.16. The third-order valence-electron chi connectivity index (χ3n) is 3.39. The maximum atomic E-state index is 13.8. The van der Waals surface area contributed by atoms with Crippen LogP contribution in [0.2, 0.25) is 5.02 Å². The van der Waals surface area contributed by atoms with Crippen molar-refractivity contribution in [2.24, 2.45) is 0 Å². The van der Waals surface area contributed by atoms with Gasteiger partial charge in [-0.05, 0) is 36.1 Å². The SMILES string of the molecule is CCCCc1ccc(C(O)c2c(F)cccc2Cl)cc1. The molecule has 3 heteroatoms. The monoisotopic (exact) mass is 292 g/mol. The summed E-state index contributed by atoms with van der Waals surface area (Å²) in [6.45, 7) is 2.15. The van der Waals surface area contributed by atoms with E-state index in [0.29, 0.717) is 5.56 Å². The van der Waals surface area contributed by atoms with Crippen LogP contribution in [0.4, 0.5) is 4.39 Å². The molecule has 0 heterocycles. The van der Waals surface area contributed by atoms with Gasteiger partial charge in [-0.3, -0.25) is 0 Å². The van der Waals surface area contributed by atoms with E-state index in [1.165, 1.54) is 17.7 Å². The molecule has 0 fully saturated rings. The molecule has 0 aliphatic rings. The fraction of sp³-hybridized carbons (Fsp3) is 0.294. The molecule has 0 saturated heterocycles. The summed E-state index contributed by atoms with van der Waals surface area (Å²) in [5.41, 5.74) is 2.01. The second kappa shape index (κ2) is 6.87. The summed E-state index contributed by atoms with van der Waals surface area (Å²) in [7, 11) is 0. The van der Waals surface area contributed by atoms with Gasteiger partial charge in [0.1, 0.15) is 11.9 Å². The second-order valence-electron chi connectivity index (χ2n) is 4.88. The lowest BCUT2D eigenvalue weighted by molar-refractivity contribution is 0.215. The van der Waals surface area contributed by atoms with E-state index >= 15 is 0 Å². The smallest absolute Gasteiger partial charge is 0.130 e. The molecular formula is C17H18ClFO. The number of unbranched alkanes of at least 4 members (excludes halogenated alkanes) is 1. The average molecular weight is 293 g/mol. The van der Waals surface area contributed by atoms with E-state index in [4.69, 9.17) is 11.6 Å². The molecule has 2 rings (SSSR count). The van der Waals surface area contributed by atoms with E-state index in [1.54, 1.807) is 6.07 Å². The van der Waals surface area contributed by atoms with Crippen LogP contribution in [0.5, 0.6) is 0 Å². The molecule has 0 aliphatic heterocycles. The largest absolute Gasteiger partial charge is 0.383 e. The van der Waals surface area contributed by atoms with Crippen molar-refractivity contribution in [3.8, 4) is 0 Å². The van der Waals surface area contributed by atoms with Gasteiger partial charge in [-0.1, -0.05) is 55.3 Å². The molecule has 0 amide bonds. The molecule has 0 radical (unpaired) electrons. The Balaban J connectivity index is 2.23. The first-order valence-corrected chi connectivity index (χ1v) is 7.22. The van der Waals surface area contributed by atoms with Gasteiger partial charge in [0.15, 0.2) is 0 Å². The maximum absolute atomic E-state index is 13.8. The van der Waals surface area contributed by atoms with E-state index < -0.39 is 11.9 Å². The Morgan fingerprint density at radius 2 is 1.85 bits per heavy atom. The molecule has 0 saturated carbocycles. The summed E-state index contributed by atoms with van der Waals surface area (Å²) in [4.78, 5) is 0. The topological polar surface area (TPSA) is 20.2 Å². The quantitative estimate of drug-likeness (QED) is 0.831. The van der Waals surface area contributed by atoms with Crippen LogP contribution in [0.3, 0.4) is 0 Å². The molecule has 20 heavy (non-hydrogen) atoms. The second-order valence-corrected chi connectivity index (χ2v) is 5.29. The number of aryl methyl sites for hydroxylation is 1. The molecule has 1 atom stereocenters. The zero-order valence-electron chi connectivity index (χ0n) is 11.4. The molecule has 2 aromatic rings. The fourth-order valence-corrected chi connectivity index (χ4v) is 2.45. The first-order chi connectivity index (χ1) is 9.63. The number of rotatable bonds is 5. The fourth-order valence-electron chi connectivity index (χ4n) is 2.19. The molecule has 0 bridgehead atoms. The minimum absolute atomic E-state index is 0.135. The van der Waals surface area contributed by atoms with Crippen LogP contribution in [0.1, 0.15) is 42.6 Å². The van der Waals surface area contributed by atoms with Crippen molar-refractivity contribution in [3.05, 3.63) is 70.0 Å². The van der Waals surface area contributed by atoms with E-state index in [0.717, 1.165) is 19.3 Å². The van der Waals surface area contributed by atoms with Crippen LogP contribution >= 0.6 is 11.6 Å². The zero-order chi connectivity index (χ0) is 14.5. The summed E-state index contributed by atoms with van der Waals surface area (Å²) >= 11 is 5.97. The van der Waals surface area contributed by atoms with Crippen molar-refractivity contribution in [1.82, 2.24) is 0 Å². The Labute approximate surface area is 124 Å². The van der Waals surface area contributed by atoms with Crippen molar-refractivity contribution in [2.45, 2.75) is 32.3 Å². The third kappa shape index (κ3) is 3.38. The molecule has 0 aliphatic carbocycles. The predicted molar refractivity (Wildman–Crippen MR) is 80.5 cm³/mol. The predicted octanol–water partition coefficient (Wildman–Crippen LogP) is 4.90. The van der Waals surface area contributed by atoms with Crippen molar-refractivity contribution >= 4 is 11.6 Å². The lowest BCUT2D eigenvalue weighted by Crippen LogP contribution is -2.03. The summed E-state index contributed by atoms with van der Waals surface area (Å²) in [5, 5.41) is 10.5. The Morgan fingerprint density at radius 3 is 2.45 bits per heavy atom. The van der Waals surface area contributed by atoms with Gasteiger partial charge in [0.2, 0.25) is 0 Å². The highest BCUT2D eigenvalue weighted by atomic mass is 35.5. The molecule has 2 aromatic carbocycles. The van der Waals surface area contributed by atoms with Crippen LogP contribution in [0, 0.1) is 5.82 Å². The van der Waals surface area contributed by atoms with Gasteiger partial charge in [0.25, 0.3) is 0 Å². The number of aliphatic hydroxyl groups excluding tert-OH is 1. The molecule has 1 nitrogen and oxygen atoms in total. The summed E-state index contributed by atoms with van der Waals surface area (Å²) in [6.07, 6.45) is 2.27. The normalized spacial score (nSPS) is 12.4. The summed E-state index contributed by atoms with van der Waals surface area (Å²) < 4.78 is 13.8. The number of hydrogen-bond donors (Lipinski definition) is 1. The lowest BCUT2D eigenvalue weighted by Gasteiger charge is -2.14. The first kappa shape index (κ1) is 15.0. The zero-order valence-corrected chi connectivity index (χ0v) is 12.2. The van der Waals surface area contributed by atoms with Crippen LogP contribution in [-0.4, -0.2) is 5.11 Å². The Morgan fingerprint density at radius 1 is 1.15 bits per heavy atom. The van der Waals surface area contributed by atoms with E-state index in [2.05, 4.69) is 6.92 Å². The highest BCUT2D eigenvalue weighted by molar-refractivity contribution is 6.31. The van der Waals surface area contributed by atoms with Gasteiger partial charge in [-0.2, -0.15) is 0 Å². The van der Waals surface area contributed by atoms with Gasteiger partial charge < -0.3 is 5.11 Å². The van der Waals surface area contributed by atoms with Crippen LogP contribution < -0.4 is 0 Å². The summed E-state index contributed by atoms with van der Waals surface area (Å²) in [5.74, 6) is -0.486. The maximum Gasteiger partial charge on any atom is 0.130 e. The summed E-state index contributed by atoms with van der Waals surface area (Å²) in [6, 6.07) is 12.0. The molecular weight excluding hydrogens is 275 g/mol. The highest BCUT2D eigenvalue weighted by Crippen LogP contribution is 2.30. The van der Waals surface area contributed by atoms with E-state index in [1.807, 2.05) is 24.3 Å². The molecule has 1 unspecified atom stereocenters. The van der Waals surface area contributed by atoms with Gasteiger partial charge in [0.05, 0.1) is 0 Å². The van der Waals surface area contributed by atoms with E-state index in [9.17, 15) is 9.50 Å². The third-order valence-corrected chi connectivity index (χ3v) is 3.72. The minimum Gasteiger partial charge on any atom is -0.383 e. The van der Waals surface area contributed by atoms with Crippen molar-refractivity contribution < 1.29 is 9.50 Å². The molecule has 0 spiro atoms. The van der Waals surface area contributed by atoms with Crippen molar-refractivity contribution in [3.63, 3.8) is 0 Å². The van der Waals surface area contributed by atoms with Gasteiger partial charge >= 0.3 is 0 Å². The number of hydrogen-bond acceptors (Lipinski definition) is 1. The average Bonchev–Trinajstić information content (AvgIpc) is 2.45. The van der Waals surface area contributed by atoms with Crippen molar-refractivity contribution in [2.75, 3.05) is 0 Å². The minimum atomic E-state index is -1.04. The van der Waals surface area contributed by atoms with Gasteiger partial charge in [-0.25, -0.2) is 4.39 Å².